The Bertz CT molecular complexity index is 824. The van der Waals surface area contributed by atoms with Gasteiger partial charge in [-0.05, 0) is 68.2 Å². The van der Waals surface area contributed by atoms with Gasteiger partial charge in [-0.15, -0.1) is 0 Å². The molecule has 168 valence electrons. The Morgan fingerprint density at radius 2 is 1.87 bits per heavy atom. The van der Waals surface area contributed by atoms with Crippen LogP contribution in [-0.2, 0) is 19.2 Å². The zero-order valence-electron chi connectivity index (χ0n) is 17.9. The average molecular weight is 448 g/mol. The van der Waals surface area contributed by atoms with Crippen LogP contribution in [0.25, 0.3) is 0 Å². The number of carbonyl (C=O) groups excluding carboxylic acids is 2. The van der Waals surface area contributed by atoms with Gasteiger partial charge in [0, 0.05) is 36.1 Å². The summed E-state index contributed by atoms with van der Waals surface area (Å²) >= 11 is 5.91. The molecule has 4 rings (SSSR count). The minimum absolute atomic E-state index is 0.0511. The normalized spacial score (nSPS) is 28.8. The largest absolute Gasteiger partial charge is 0.490 e. The molecule has 0 saturated heterocycles. The molecule has 0 N–H and O–H groups in total. The average Bonchev–Trinajstić information content (AvgIpc) is 3.51. The lowest BCUT2D eigenvalue weighted by molar-refractivity contribution is -0.140. The molecule has 31 heavy (non-hydrogen) atoms. The lowest BCUT2D eigenvalue weighted by atomic mass is 9.73. The van der Waals surface area contributed by atoms with E-state index in [0.29, 0.717) is 54.9 Å². The van der Waals surface area contributed by atoms with Gasteiger partial charge >= 0.3 is 5.97 Å². The van der Waals surface area contributed by atoms with Crippen LogP contribution in [0.15, 0.2) is 29.4 Å². The molecule has 7 heteroatoms. The molecule has 1 aromatic carbocycles. The first-order valence-corrected chi connectivity index (χ1v) is 11.6. The summed E-state index contributed by atoms with van der Waals surface area (Å²) in [7, 11) is 1.39. The SMILES string of the molecule is COC(=O)CCCCC(=O)[C@H]1[C@H]2CC[C@H](C2)[C@@H]1C1=NOC(COc2ccc(Cl)cc2)C1. The van der Waals surface area contributed by atoms with E-state index in [9.17, 15) is 9.59 Å². The van der Waals surface area contributed by atoms with Crippen molar-refractivity contribution in [2.24, 2.45) is 28.8 Å². The fraction of sp³-hybridized carbons (Fsp3) is 0.625. The van der Waals surface area contributed by atoms with Gasteiger partial charge in [-0.25, -0.2) is 0 Å². The van der Waals surface area contributed by atoms with Gasteiger partial charge < -0.3 is 14.3 Å². The van der Waals surface area contributed by atoms with Gasteiger partial charge in [-0.3, -0.25) is 9.59 Å². The van der Waals surface area contributed by atoms with Crippen LogP contribution in [0.2, 0.25) is 5.02 Å². The van der Waals surface area contributed by atoms with E-state index < -0.39 is 0 Å². The summed E-state index contributed by atoms with van der Waals surface area (Å²) in [5.74, 6) is 2.12. The van der Waals surface area contributed by atoms with E-state index in [4.69, 9.17) is 21.2 Å². The number of methoxy groups -OCH3 is 1. The maximum atomic E-state index is 13.1. The van der Waals surface area contributed by atoms with Gasteiger partial charge in [-0.1, -0.05) is 16.8 Å². The van der Waals surface area contributed by atoms with E-state index in [1.807, 2.05) is 12.1 Å². The number of hydrogen-bond acceptors (Lipinski definition) is 6. The highest BCUT2D eigenvalue weighted by Gasteiger charge is 2.53. The van der Waals surface area contributed by atoms with Crippen molar-refractivity contribution in [2.45, 2.75) is 57.5 Å². The molecule has 2 bridgehead atoms. The number of rotatable bonds is 10. The zero-order chi connectivity index (χ0) is 21.8. The number of ketones is 1. The Morgan fingerprint density at radius 3 is 2.65 bits per heavy atom. The molecule has 6 nitrogen and oxygen atoms in total. The smallest absolute Gasteiger partial charge is 0.305 e. The standard InChI is InChI=1S/C24H30ClNO5/c1-29-22(28)5-3-2-4-21(27)24-16-7-6-15(12-16)23(24)20-13-19(31-26-20)14-30-18-10-8-17(25)9-11-18/h8-11,15-16,19,23-24H,2-7,12-14H2,1H3/t15-,16+,19?,23-,24-/m1/s1. The molecule has 0 radical (unpaired) electrons. The Morgan fingerprint density at radius 1 is 1.13 bits per heavy atom. The first-order chi connectivity index (χ1) is 15.0. The van der Waals surface area contributed by atoms with E-state index in [2.05, 4.69) is 9.89 Å². The highest BCUT2D eigenvalue weighted by Crippen LogP contribution is 2.54. The summed E-state index contributed by atoms with van der Waals surface area (Å²) in [6.07, 6.45) is 6.34. The van der Waals surface area contributed by atoms with Crippen LogP contribution >= 0.6 is 11.6 Å². The van der Waals surface area contributed by atoms with Crippen LogP contribution < -0.4 is 4.74 Å². The van der Waals surface area contributed by atoms with Gasteiger partial charge in [0.25, 0.3) is 0 Å². The molecular weight excluding hydrogens is 418 g/mol. The van der Waals surface area contributed by atoms with Gasteiger partial charge in [0.15, 0.2) is 6.10 Å². The highest BCUT2D eigenvalue weighted by molar-refractivity contribution is 6.30. The van der Waals surface area contributed by atoms with Crippen LogP contribution in [0.1, 0.15) is 51.4 Å². The molecule has 2 aliphatic carbocycles. The van der Waals surface area contributed by atoms with Crippen molar-refractivity contribution in [1.82, 2.24) is 0 Å². The molecule has 3 aliphatic rings. The number of hydrogen-bond donors (Lipinski definition) is 0. The van der Waals surface area contributed by atoms with Crippen molar-refractivity contribution in [2.75, 3.05) is 13.7 Å². The van der Waals surface area contributed by atoms with Crippen molar-refractivity contribution in [3.05, 3.63) is 29.3 Å². The van der Waals surface area contributed by atoms with Crippen molar-refractivity contribution in [3.8, 4) is 5.75 Å². The number of benzene rings is 1. The topological polar surface area (TPSA) is 74.2 Å². The summed E-state index contributed by atoms with van der Waals surface area (Å²) in [4.78, 5) is 30.0. The predicted molar refractivity (Wildman–Crippen MR) is 117 cm³/mol. The minimum atomic E-state index is -0.213. The Labute approximate surface area is 188 Å². The van der Waals surface area contributed by atoms with Gasteiger partial charge in [0.05, 0.1) is 12.8 Å². The third-order valence-electron chi connectivity index (χ3n) is 6.96. The zero-order valence-corrected chi connectivity index (χ0v) is 18.7. The quantitative estimate of drug-likeness (QED) is 0.379. The maximum Gasteiger partial charge on any atom is 0.305 e. The van der Waals surface area contributed by atoms with Crippen LogP contribution in [0.5, 0.6) is 5.75 Å². The minimum Gasteiger partial charge on any atom is -0.490 e. The molecular formula is C24H30ClNO5. The van der Waals surface area contributed by atoms with E-state index in [1.165, 1.54) is 13.5 Å². The maximum absolute atomic E-state index is 13.1. The molecule has 1 heterocycles. The molecule has 0 spiro atoms. The molecule has 5 atom stereocenters. The third-order valence-corrected chi connectivity index (χ3v) is 7.21. The molecule has 0 aromatic heterocycles. The first-order valence-electron chi connectivity index (χ1n) is 11.3. The van der Waals surface area contributed by atoms with Crippen LogP contribution in [-0.4, -0.2) is 37.3 Å². The van der Waals surface area contributed by atoms with Crippen LogP contribution in [0.3, 0.4) is 0 Å². The number of Topliss-reactive ketones (excluding diaryl/α,β-unsaturated/α-hetero) is 1. The Hall–Kier alpha value is -2.08. The fourth-order valence-corrected chi connectivity index (χ4v) is 5.65. The lowest BCUT2D eigenvalue weighted by Crippen LogP contribution is -2.35. The van der Waals surface area contributed by atoms with E-state index in [0.717, 1.165) is 30.7 Å². The molecule has 1 unspecified atom stereocenters. The Kier molecular flexibility index (Phi) is 7.16. The third kappa shape index (κ3) is 5.22. The van der Waals surface area contributed by atoms with E-state index >= 15 is 0 Å². The van der Waals surface area contributed by atoms with Crippen molar-refractivity contribution in [1.29, 1.82) is 0 Å². The first kappa shape index (κ1) is 22.1. The fourth-order valence-electron chi connectivity index (χ4n) is 5.53. The van der Waals surface area contributed by atoms with Crippen molar-refractivity contribution < 1.29 is 23.9 Å². The number of unbranched alkanes of at least 4 members (excludes halogenated alkanes) is 1. The Balaban J connectivity index is 1.29. The van der Waals surface area contributed by atoms with Crippen molar-refractivity contribution >= 4 is 29.1 Å². The number of nitrogens with zero attached hydrogens (tertiary/aromatic N) is 1. The summed E-state index contributed by atoms with van der Waals surface area (Å²) in [6, 6.07) is 7.27. The number of oxime groups is 1. The summed E-state index contributed by atoms with van der Waals surface area (Å²) in [6.45, 7) is 0.418. The number of esters is 1. The van der Waals surface area contributed by atoms with E-state index in [1.54, 1.807) is 12.1 Å². The molecule has 1 aromatic rings. The molecule has 2 fully saturated rings. The number of halogens is 1. The van der Waals surface area contributed by atoms with Gasteiger partial charge in [0.2, 0.25) is 0 Å². The van der Waals surface area contributed by atoms with Crippen molar-refractivity contribution in [3.63, 3.8) is 0 Å². The summed E-state index contributed by atoms with van der Waals surface area (Å²) < 4.78 is 10.5. The highest BCUT2D eigenvalue weighted by atomic mass is 35.5. The molecule has 1 aliphatic heterocycles. The lowest BCUT2D eigenvalue weighted by Gasteiger charge is -2.29. The van der Waals surface area contributed by atoms with Gasteiger partial charge in [-0.2, -0.15) is 0 Å². The molecule has 2 saturated carbocycles. The van der Waals surface area contributed by atoms with E-state index in [-0.39, 0.29) is 23.9 Å². The number of fused-ring (bicyclic) bond motifs is 2. The second-order valence-corrected chi connectivity index (χ2v) is 9.35. The summed E-state index contributed by atoms with van der Waals surface area (Å²) in [5.41, 5.74) is 1.03. The van der Waals surface area contributed by atoms with Crippen LogP contribution in [0.4, 0.5) is 0 Å². The second kappa shape index (κ2) is 10.0. The van der Waals surface area contributed by atoms with Gasteiger partial charge in [0.1, 0.15) is 18.1 Å². The predicted octanol–water partition coefficient (Wildman–Crippen LogP) is 4.83. The number of carbonyl (C=O) groups is 2. The summed E-state index contributed by atoms with van der Waals surface area (Å²) in [5, 5.41) is 5.08. The van der Waals surface area contributed by atoms with Crippen LogP contribution in [0, 0.1) is 23.7 Å². The monoisotopic (exact) mass is 447 g/mol. The second-order valence-electron chi connectivity index (χ2n) is 8.91. The molecule has 0 amide bonds. The number of ether oxygens (including phenoxy) is 2.